The Morgan fingerprint density at radius 1 is 1.20 bits per heavy atom. The van der Waals surface area contributed by atoms with Gasteiger partial charge in [0.2, 0.25) is 0 Å². The molecule has 0 aliphatic heterocycles. The lowest BCUT2D eigenvalue weighted by molar-refractivity contribution is 0.551. The number of nitrogens with zero attached hydrogens (tertiary/aromatic N) is 1. The second-order valence-corrected chi connectivity index (χ2v) is 7.17. The zero-order valence-corrected chi connectivity index (χ0v) is 12.5. The van der Waals surface area contributed by atoms with Gasteiger partial charge < -0.3 is 5.73 Å². The number of nitrogens with two attached hydrogens (primary N) is 1. The lowest BCUT2D eigenvalue weighted by Gasteiger charge is -2.18. The van der Waals surface area contributed by atoms with E-state index in [9.17, 15) is 0 Å². The number of rotatable bonds is 2. The lowest BCUT2D eigenvalue weighted by atomic mass is 9.91. The fraction of sp³-hybridized carbons (Fsp3) is 0.471. The van der Waals surface area contributed by atoms with Crippen LogP contribution >= 0.6 is 11.3 Å². The number of aromatic nitrogens is 1. The van der Waals surface area contributed by atoms with Crippen LogP contribution in [0.25, 0.3) is 0 Å². The van der Waals surface area contributed by atoms with E-state index in [4.69, 9.17) is 10.7 Å². The van der Waals surface area contributed by atoms with E-state index in [0.29, 0.717) is 11.8 Å². The summed E-state index contributed by atoms with van der Waals surface area (Å²) in [6, 6.07) is 8.84. The molecule has 2 nitrogen and oxygen atoms in total. The van der Waals surface area contributed by atoms with Crippen molar-refractivity contribution in [3.8, 4) is 0 Å². The predicted molar refractivity (Wildman–Crippen MR) is 83.4 cm³/mol. The molecule has 2 aliphatic carbocycles. The van der Waals surface area contributed by atoms with E-state index in [-0.39, 0.29) is 0 Å². The molecular formula is C17H20N2S. The van der Waals surface area contributed by atoms with Gasteiger partial charge in [0.05, 0.1) is 10.7 Å². The van der Waals surface area contributed by atoms with E-state index in [2.05, 4.69) is 24.3 Å². The van der Waals surface area contributed by atoms with Crippen molar-refractivity contribution in [3.05, 3.63) is 51.0 Å². The molecule has 0 amide bonds. The van der Waals surface area contributed by atoms with Crippen LogP contribution in [0.3, 0.4) is 0 Å². The molecule has 1 atom stereocenters. The molecule has 1 heterocycles. The van der Waals surface area contributed by atoms with E-state index in [0.717, 1.165) is 19.4 Å². The molecule has 0 spiro atoms. The van der Waals surface area contributed by atoms with E-state index in [1.807, 2.05) is 11.3 Å². The minimum Gasteiger partial charge on any atom is -0.330 e. The Hall–Kier alpha value is -1.19. The van der Waals surface area contributed by atoms with Gasteiger partial charge in [-0.1, -0.05) is 24.3 Å². The molecule has 104 valence electrons. The van der Waals surface area contributed by atoms with Gasteiger partial charge in [-0.2, -0.15) is 0 Å². The topological polar surface area (TPSA) is 38.9 Å². The molecule has 4 rings (SSSR count). The Bertz CT molecular complexity index is 607. The van der Waals surface area contributed by atoms with Gasteiger partial charge >= 0.3 is 0 Å². The van der Waals surface area contributed by atoms with Gasteiger partial charge in [-0.15, -0.1) is 11.3 Å². The summed E-state index contributed by atoms with van der Waals surface area (Å²) >= 11 is 1.96. The zero-order valence-electron chi connectivity index (χ0n) is 11.6. The summed E-state index contributed by atoms with van der Waals surface area (Å²) in [5.74, 6) is 1.11. The van der Waals surface area contributed by atoms with Crippen LogP contribution in [0.2, 0.25) is 0 Å². The lowest BCUT2D eigenvalue weighted by Crippen LogP contribution is -2.17. The molecular weight excluding hydrogens is 264 g/mol. The SMILES string of the molecule is NCC1CCCc2sc(C3Cc4ccccc4C3)nc21. The van der Waals surface area contributed by atoms with Crippen molar-refractivity contribution in [1.82, 2.24) is 4.98 Å². The first-order valence-corrected chi connectivity index (χ1v) is 8.43. The fourth-order valence-corrected chi connectivity index (χ4v) is 4.96. The second-order valence-electron chi connectivity index (χ2n) is 6.06. The largest absolute Gasteiger partial charge is 0.330 e. The number of hydrogen-bond donors (Lipinski definition) is 1. The summed E-state index contributed by atoms with van der Waals surface area (Å²) in [6.45, 7) is 0.751. The third kappa shape index (κ3) is 2.00. The highest BCUT2D eigenvalue weighted by atomic mass is 32.1. The molecule has 0 radical (unpaired) electrons. The third-order valence-electron chi connectivity index (χ3n) is 4.77. The van der Waals surface area contributed by atoms with Crippen LogP contribution in [-0.2, 0) is 19.3 Å². The summed E-state index contributed by atoms with van der Waals surface area (Å²) in [4.78, 5) is 6.52. The standard InChI is InChI=1S/C17H20N2S/c18-10-13-6-3-7-15-16(13)19-17(20-15)14-8-11-4-1-2-5-12(11)9-14/h1-2,4-5,13-14H,3,6-10,18H2. The van der Waals surface area contributed by atoms with Crippen LogP contribution < -0.4 is 5.73 Å². The Labute approximate surface area is 124 Å². The molecule has 2 aromatic rings. The van der Waals surface area contributed by atoms with Gasteiger partial charge in [0.15, 0.2) is 0 Å². The molecule has 0 saturated carbocycles. The average molecular weight is 284 g/mol. The van der Waals surface area contributed by atoms with Crippen molar-refractivity contribution in [2.45, 2.75) is 43.9 Å². The summed E-state index contributed by atoms with van der Waals surface area (Å²) in [5.41, 5.74) is 10.3. The number of hydrogen-bond acceptors (Lipinski definition) is 3. The summed E-state index contributed by atoms with van der Waals surface area (Å²) in [7, 11) is 0. The monoisotopic (exact) mass is 284 g/mol. The van der Waals surface area contributed by atoms with Crippen molar-refractivity contribution in [3.63, 3.8) is 0 Å². The minimum atomic E-state index is 0.507. The van der Waals surface area contributed by atoms with Gasteiger partial charge in [0.25, 0.3) is 0 Å². The van der Waals surface area contributed by atoms with Crippen LogP contribution in [0.15, 0.2) is 24.3 Å². The number of benzene rings is 1. The molecule has 20 heavy (non-hydrogen) atoms. The fourth-order valence-electron chi connectivity index (χ4n) is 3.66. The Balaban J connectivity index is 1.64. The number of thiazole rings is 1. The van der Waals surface area contributed by atoms with Crippen molar-refractivity contribution in [2.24, 2.45) is 5.73 Å². The number of aryl methyl sites for hydroxylation is 1. The van der Waals surface area contributed by atoms with Crippen molar-refractivity contribution < 1.29 is 0 Å². The van der Waals surface area contributed by atoms with Crippen LogP contribution in [0.1, 0.15) is 51.4 Å². The second kappa shape index (κ2) is 4.97. The van der Waals surface area contributed by atoms with Gasteiger partial charge in [-0.05, 0) is 43.2 Å². The number of fused-ring (bicyclic) bond motifs is 2. The first-order chi connectivity index (χ1) is 9.85. The van der Waals surface area contributed by atoms with E-state index >= 15 is 0 Å². The van der Waals surface area contributed by atoms with Crippen LogP contribution in [-0.4, -0.2) is 11.5 Å². The van der Waals surface area contributed by atoms with Crippen LogP contribution in [0.4, 0.5) is 0 Å². The Morgan fingerprint density at radius 2 is 1.95 bits per heavy atom. The molecule has 0 fully saturated rings. The molecule has 3 heteroatoms. The maximum Gasteiger partial charge on any atom is 0.0968 e. The van der Waals surface area contributed by atoms with Crippen LogP contribution in [0.5, 0.6) is 0 Å². The molecule has 1 aromatic carbocycles. The molecule has 2 N–H and O–H groups in total. The molecule has 0 bridgehead atoms. The Morgan fingerprint density at radius 3 is 2.65 bits per heavy atom. The maximum absolute atomic E-state index is 5.91. The van der Waals surface area contributed by atoms with E-state index < -0.39 is 0 Å². The highest BCUT2D eigenvalue weighted by Gasteiger charge is 2.29. The van der Waals surface area contributed by atoms with Gasteiger partial charge in [-0.3, -0.25) is 0 Å². The van der Waals surface area contributed by atoms with E-state index in [1.165, 1.54) is 46.0 Å². The minimum absolute atomic E-state index is 0.507. The highest BCUT2D eigenvalue weighted by Crippen LogP contribution is 2.40. The third-order valence-corrected chi connectivity index (χ3v) is 6.07. The van der Waals surface area contributed by atoms with Gasteiger partial charge in [0.1, 0.15) is 0 Å². The quantitative estimate of drug-likeness (QED) is 0.918. The molecule has 1 aromatic heterocycles. The first-order valence-electron chi connectivity index (χ1n) is 7.61. The average Bonchev–Trinajstić information content (AvgIpc) is 3.09. The molecule has 2 aliphatic rings. The molecule has 1 unspecified atom stereocenters. The van der Waals surface area contributed by atoms with Crippen molar-refractivity contribution in [1.29, 1.82) is 0 Å². The summed E-state index contributed by atoms with van der Waals surface area (Å²) in [6.07, 6.45) is 6.04. The van der Waals surface area contributed by atoms with E-state index in [1.54, 1.807) is 0 Å². The summed E-state index contributed by atoms with van der Waals surface area (Å²) in [5, 5.41) is 1.35. The summed E-state index contributed by atoms with van der Waals surface area (Å²) < 4.78 is 0. The maximum atomic E-state index is 5.91. The highest BCUT2D eigenvalue weighted by molar-refractivity contribution is 7.11. The normalized spacial score (nSPS) is 21.8. The smallest absolute Gasteiger partial charge is 0.0968 e. The van der Waals surface area contributed by atoms with Crippen molar-refractivity contribution in [2.75, 3.05) is 6.54 Å². The van der Waals surface area contributed by atoms with Gasteiger partial charge in [-0.25, -0.2) is 4.98 Å². The van der Waals surface area contributed by atoms with Crippen LogP contribution in [0, 0.1) is 0 Å². The molecule has 0 saturated heterocycles. The first kappa shape index (κ1) is 12.5. The Kier molecular flexibility index (Phi) is 3.12. The van der Waals surface area contributed by atoms with Crippen molar-refractivity contribution >= 4 is 11.3 Å². The predicted octanol–water partition coefficient (Wildman–Crippen LogP) is 3.40. The van der Waals surface area contributed by atoms with Gasteiger partial charge in [0, 0.05) is 23.3 Å². The zero-order chi connectivity index (χ0) is 13.5.